The van der Waals surface area contributed by atoms with Gasteiger partial charge in [-0.15, -0.1) is 0 Å². The van der Waals surface area contributed by atoms with E-state index in [4.69, 9.17) is 9.84 Å². The van der Waals surface area contributed by atoms with Crippen molar-refractivity contribution in [2.75, 3.05) is 18.8 Å². The zero-order valence-electron chi connectivity index (χ0n) is 27.7. The van der Waals surface area contributed by atoms with Gasteiger partial charge in [-0.25, -0.2) is 13.8 Å². The maximum Gasteiger partial charge on any atom is 0.339 e. The summed E-state index contributed by atoms with van der Waals surface area (Å²) in [4.78, 5) is 23.7. The zero-order chi connectivity index (χ0) is 36.4. The second kappa shape index (κ2) is 17.2. The number of aromatic hydroxyl groups is 2. The Kier molecular flexibility index (Phi) is 12.8. The number of carbonyl (C=O) groups is 2. The molecular formula is C38H36N2O8S2. The van der Waals surface area contributed by atoms with Crippen molar-refractivity contribution in [2.24, 2.45) is 0 Å². The van der Waals surface area contributed by atoms with Crippen LogP contribution in [0.15, 0.2) is 125 Å². The third kappa shape index (κ3) is 8.91. The molecule has 0 spiro atoms. The van der Waals surface area contributed by atoms with Crippen molar-refractivity contribution in [1.29, 1.82) is 0 Å². The number of carboxylic acid groups (broad SMARTS) is 2. The lowest BCUT2D eigenvalue weighted by Gasteiger charge is -2.13. The second-order valence-electron chi connectivity index (χ2n) is 10.5. The van der Waals surface area contributed by atoms with E-state index in [2.05, 4.69) is 4.72 Å². The molecule has 0 heterocycles. The van der Waals surface area contributed by atoms with Crippen LogP contribution < -0.4 is 9.46 Å². The quantitative estimate of drug-likeness (QED) is 0.0917. The molecule has 0 aliphatic heterocycles. The van der Waals surface area contributed by atoms with Gasteiger partial charge >= 0.3 is 11.9 Å². The summed E-state index contributed by atoms with van der Waals surface area (Å²) in [7, 11) is 2.01. The van der Waals surface area contributed by atoms with Crippen molar-refractivity contribution >= 4 is 62.1 Å². The predicted molar refractivity (Wildman–Crippen MR) is 199 cm³/mol. The van der Waals surface area contributed by atoms with Gasteiger partial charge in [0.05, 0.1) is 4.90 Å². The van der Waals surface area contributed by atoms with E-state index in [1.54, 1.807) is 60.7 Å². The molecule has 0 saturated carbocycles. The molecule has 5 N–H and O–H groups in total. The van der Waals surface area contributed by atoms with Crippen molar-refractivity contribution in [3.05, 3.63) is 126 Å². The molecule has 0 radical (unpaired) electrons. The normalized spacial score (nSPS) is 11.1. The van der Waals surface area contributed by atoms with Gasteiger partial charge in [-0.2, -0.15) is 0 Å². The molecule has 6 aromatic carbocycles. The molecule has 0 fully saturated rings. The summed E-state index contributed by atoms with van der Waals surface area (Å²) < 4.78 is 23.5. The van der Waals surface area contributed by atoms with Crippen LogP contribution in [-0.2, 0) is 11.0 Å². The number of hydrogen-bond acceptors (Lipinski definition) is 8. The first kappa shape index (κ1) is 37.3. The van der Waals surface area contributed by atoms with Gasteiger partial charge in [0.1, 0.15) is 34.1 Å². The minimum Gasteiger partial charge on any atom is -0.506 e. The number of ether oxygens (including phenoxy) is 1. The topological polar surface area (TPSA) is 157 Å². The second-order valence-corrected chi connectivity index (χ2v) is 13.0. The van der Waals surface area contributed by atoms with Crippen LogP contribution in [0, 0.1) is 0 Å². The third-order valence-electron chi connectivity index (χ3n) is 6.94. The van der Waals surface area contributed by atoms with E-state index in [-0.39, 0.29) is 27.5 Å². The number of fused-ring (bicyclic) bond motifs is 2. The van der Waals surface area contributed by atoms with Crippen LogP contribution >= 0.6 is 11.9 Å². The van der Waals surface area contributed by atoms with Gasteiger partial charge < -0.3 is 29.9 Å². The fourth-order valence-corrected chi connectivity index (χ4v) is 6.69. The molecule has 0 aliphatic rings. The van der Waals surface area contributed by atoms with E-state index >= 15 is 0 Å². The van der Waals surface area contributed by atoms with Crippen LogP contribution in [0.3, 0.4) is 0 Å². The average molecular weight is 713 g/mol. The minimum atomic E-state index is -1.75. The van der Waals surface area contributed by atoms with Gasteiger partial charge in [-0.3, -0.25) is 4.31 Å². The highest BCUT2D eigenvalue weighted by Gasteiger charge is 2.20. The fourth-order valence-electron chi connectivity index (χ4n) is 4.78. The van der Waals surface area contributed by atoms with Gasteiger partial charge in [0.2, 0.25) is 0 Å². The maximum atomic E-state index is 13.0. The number of aromatic carboxylic acids is 2. The maximum absolute atomic E-state index is 13.0. The van der Waals surface area contributed by atoms with Gasteiger partial charge in [0.15, 0.2) is 11.0 Å². The van der Waals surface area contributed by atoms with Crippen LogP contribution in [0.2, 0.25) is 0 Å². The van der Waals surface area contributed by atoms with Crippen LogP contribution in [0.5, 0.6) is 23.0 Å². The molecule has 1 unspecified atom stereocenters. The molecule has 6 aromatic rings. The molecular weight excluding hydrogens is 677 g/mol. The molecule has 0 aromatic heterocycles. The number of rotatable bonds is 9. The van der Waals surface area contributed by atoms with Crippen molar-refractivity contribution in [3.63, 3.8) is 0 Å². The van der Waals surface area contributed by atoms with Gasteiger partial charge in [0.25, 0.3) is 0 Å². The summed E-state index contributed by atoms with van der Waals surface area (Å²) in [6, 6.07) is 32.9. The Morgan fingerprint density at radius 2 is 1.12 bits per heavy atom. The van der Waals surface area contributed by atoms with Crippen molar-refractivity contribution < 1.29 is 39.0 Å². The van der Waals surface area contributed by atoms with Gasteiger partial charge in [0, 0.05) is 32.1 Å². The van der Waals surface area contributed by atoms with E-state index < -0.39 is 22.9 Å². The number of nitrogens with zero attached hydrogens (tertiary/aromatic N) is 1. The van der Waals surface area contributed by atoms with Crippen molar-refractivity contribution in [2.45, 2.75) is 23.6 Å². The lowest BCUT2D eigenvalue weighted by atomic mass is 10.1. The number of phenols is 2. The number of benzene rings is 6. The summed E-state index contributed by atoms with van der Waals surface area (Å²) in [6.07, 6.45) is 0. The molecule has 0 aliphatic carbocycles. The van der Waals surface area contributed by atoms with Crippen molar-refractivity contribution in [3.8, 4) is 23.0 Å². The summed E-state index contributed by atoms with van der Waals surface area (Å²) in [6.45, 7) is 4.00. The van der Waals surface area contributed by atoms with E-state index in [9.17, 15) is 29.1 Å². The van der Waals surface area contributed by atoms with Crippen LogP contribution in [0.4, 0.5) is 5.69 Å². The fraction of sp³-hybridized carbons (Fsp3) is 0.105. The first-order valence-corrected chi connectivity index (χ1v) is 17.3. The molecule has 1 atom stereocenters. The summed E-state index contributed by atoms with van der Waals surface area (Å²) in [5.74, 6) is -1.61. The molecule has 0 amide bonds. The molecule has 12 heteroatoms. The predicted octanol–water partition coefficient (Wildman–Crippen LogP) is 9.01. The Morgan fingerprint density at radius 3 is 1.66 bits per heavy atom. The van der Waals surface area contributed by atoms with Crippen LogP contribution in [-0.4, -0.2) is 55.0 Å². The van der Waals surface area contributed by atoms with E-state index in [1.165, 1.54) is 24.1 Å². The summed E-state index contributed by atoms with van der Waals surface area (Å²) in [5.41, 5.74) is 0.200. The number of nitrogens with one attached hydrogen (secondary N) is 1. The minimum absolute atomic E-state index is 0.0712. The first-order valence-electron chi connectivity index (χ1n) is 15.4. The number of carboxylic acids is 2. The average Bonchev–Trinajstić information content (AvgIpc) is 3.12. The standard InChI is InChI=1S/C23H17NO5S.C13H13NO3S.C2H6/c25-22-19-9-5-4-8-18(19)21(14-20(22)23(26)27)30(28)24-15-10-12-17(13-11-15)29-16-6-2-1-3-7-16;1-14(2)18-11-7-10(13(16)17)12(15)9-6-4-3-5-8(9)11;1-2/h1-14,24-25H,(H,26,27);3-7,15H,1-2H3,(H,16,17);1-2H3. The Hall–Kier alpha value is -5.56. The summed E-state index contributed by atoms with van der Waals surface area (Å²) >= 11 is 1.43. The van der Waals surface area contributed by atoms with Crippen LogP contribution in [0.1, 0.15) is 34.6 Å². The van der Waals surface area contributed by atoms with Crippen molar-refractivity contribution in [1.82, 2.24) is 4.31 Å². The van der Waals surface area contributed by atoms with E-state index in [0.717, 1.165) is 10.3 Å². The lowest BCUT2D eigenvalue weighted by Crippen LogP contribution is -2.07. The van der Waals surface area contributed by atoms with E-state index in [1.807, 2.05) is 74.7 Å². The zero-order valence-corrected chi connectivity index (χ0v) is 29.3. The smallest absolute Gasteiger partial charge is 0.339 e. The highest BCUT2D eigenvalue weighted by molar-refractivity contribution is 7.97. The number of hydrogen-bond donors (Lipinski definition) is 5. The Bertz CT molecular complexity index is 2140. The molecule has 6 rings (SSSR count). The Labute approximate surface area is 296 Å². The van der Waals surface area contributed by atoms with Gasteiger partial charge in [-0.1, -0.05) is 80.6 Å². The van der Waals surface area contributed by atoms with E-state index in [0.29, 0.717) is 33.3 Å². The van der Waals surface area contributed by atoms with Gasteiger partial charge in [-0.05, 0) is 74.6 Å². The Balaban J connectivity index is 0.000000240. The number of para-hydroxylation sites is 1. The number of anilines is 1. The largest absolute Gasteiger partial charge is 0.506 e. The summed E-state index contributed by atoms with van der Waals surface area (Å²) in [5, 5.41) is 40.9. The third-order valence-corrected chi connectivity index (χ3v) is 9.00. The Morgan fingerprint density at radius 1 is 0.660 bits per heavy atom. The molecule has 0 bridgehead atoms. The highest BCUT2D eigenvalue weighted by atomic mass is 32.2. The first-order chi connectivity index (χ1) is 24.0. The molecule has 0 saturated heterocycles. The highest BCUT2D eigenvalue weighted by Crippen LogP contribution is 2.37. The monoisotopic (exact) mass is 712 g/mol. The SMILES string of the molecule is CC.CN(C)Sc1cc(C(=O)O)c(O)c2ccccc12.O=C(O)c1cc(S(=O)Nc2ccc(Oc3ccccc3)cc2)c2ccccc2c1O. The molecule has 50 heavy (non-hydrogen) atoms. The van der Waals surface area contributed by atoms with Crippen LogP contribution in [0.25, 0.3) is 21.5 Å². The molecule has 258 valence electrons. The lowest BCUT2D eigenvalue weighted by molar-refractivity contribution is 0.0682. The molecule has 10 nitrogen and oxygen atoms in total.